The van der Waals surface area contributed by atoms with Crippen LogP contribution in [0.2, 0.25) is 5.02 Å². The molecular weight excluding hydrogens is 735 g/mol. The van der Waals surface area contributed by atoms with E-state index in [9.17, 15) is 34.0 Å². The van der Waals surface area contributed by atoms with Gasteiger partial charge in [-0.05, 0) is 90.6 Å². The number of carbonyl (C=O) groups is 4. The smallest absolute Gasteiger partial charge is 0.269 e. The summed E-state index contributed by atoms with van der Waals surface area (Å²) < 4.78 is 25.0. The Morgan fingerprint density at radius 1 is 0.891 bits per heavy atom. The summed E-state index contributed by atoms with van der Waals surface area (Å²) in [7, 11) is 2.72. The zero-order chi connectivity index (χ0) is 38.9. The molecule has 0 bridgehead atoms. The van der Waals surface area contributed by atoms with Gasteiger partial charge in [0.25, 0.3) is 17.5 Å². The first-order chi connectivity index (χ1) is 26.4. The molecule has 2 N–H and O–H groups in total. The first-order valence-corrected chi connectivity index (χ1v) is 17.7. The fourth-order valence-corrected chi connectivity index (χ4v) is 9.21. The van der Waals surface area contributed by atoms with E-state index in [1.165, 1.54) is 62.8 Å². The van der Waals surface area contributed by atoms with Crippen LogP contribution >= 0.6 is 11.6 Å². The number of nitro groups is 1. The number of phenolic OH excluding ortho intramolecular Hbond substituents is 1. The number of anilines is 2. The van der Waals surface area contributed by atoms with Gasteiger partial charge in [-0.15, -0.1) is 0 Å². The fourth-order valence-electron chi connectivity index (χ4n) is 9.09. The standard InChI is InChI=1S/C40H32ClFN4O9/c1-54-31-17-20(18-32(55-2)35(31)47)34-27-15-16-28-33(38(50)44(36(28)48)25-11-13-26(14-12-25)46(52)53)29(27)19-30-37(49)45(43-24-9-7-23(42)8-10-24)39(51)40(30,34)21-3-5-22(41)6-4-21/h3-15,17-18,28-30,33-34,43,47H,16,19H2,1-2H3. The summed E-state index contributed by atoms with van der Waals surface area (Å²) in [5.41, 5.74) is 2.95. The average Bonchev–Trinajstić information content (AvgIpc) is 3.56. The van der Waals surface area contributed by atoms with Crippen molar-refractivity contribution in [3.8, 4) is 17.2 Å². The van der Waals surface area contributed by atoms with Gasteiger partial charge in [0, 0.05) is 23.1 Å². The molecule has 4 aromatic rings. The summed E-state index contributed by atoms with van der Waals surface area (Å²) in [6.07, 6.45) is 1.96. The minimum absolute atomic E-state index is 0.0161. The Balaban J connectivity index is 1.33. The lowest BCUT2D eigenvalue weighted by Crippen LogP contribution is -2.53. The number of fused-ring (bicyclic) bond motifs is 4. The molecule has 2 heterocycles. The van der Waals surface area contributed by atoms with Crippen LogP contribution in [-0.2, 0) is 24.6 Å². The van der Waals surface area contributed by atoms with Crippen molar-refractivity contribution in [1.29, 1.82) is 0 Å². The van der Waals surface area contributed by atoms with E-state index in [0.29, 0.717) is 21.7 Å². The van der Waals surface area contributed by atoms with Crippen LogP contribution in [0.25, 0.3) is 0 Å². The van der Waals surface area contributed by atoms with Crippen LogP contribution in [-0.4, -0.2) is 52.9 Å². The van der Waals surface area contributed by atoms with E-state index < -0.39 is 69.4 Å². The quantitative estimate of drug-likeness (QED) is 0.0899. The third kappa shape index (κ3) is 5.34. The van der Waals surface area contributed by atoms with Crippen molar-refractivity contribution in [3.05, 3.63) is 129 Å². The number of ether oxygens (including phenoxy) is 2. The molecule has 3 fully saturated rings. The van der Waals surface area contributed by atoms with E-state index in [1.807, 2.05) is 6.08 Å². The van der Waals surface area contributed by atoms with E-state index in [4.69, 9.17) is 21.1 Å². The highest BCUT2D eigenvalue weighted by molar-refractivity contribution is 6.30. The summed E-state index contributed by atoms with van der Waals surface area (Å²) in [4.78, 5) is 70.6. The van der Waals surface area contributed by atoms with Crippen LogP contribution in [0.3, 0.4) is 0 Å². The predicted octanol–water partition coefficient (Wildman–Crippen LogP) is 6.30. The number of aromatic hydroxyl groups is 1. The van der Waals surface area contributed by atoms with Crippen LogP contribution in [0, 0.1) is 39.6 Å². The Morgan fingerprint density at radius 2 is 1.53 bits per heavy atom. The minimum Gasteiger partial charge on any atom is -0.502 e. The van der Waals surface area contributed by atoms with Gasteiger partial charge in [0.15, 0.2) is 11.5 Å². The first-order valence-electron chi connectivity index (χ1n) is 17.3. The third-order valence-corrected chi connectivity index (χ3v) is 11.7. The van der Waals surface area contributed by atoms with Gasteiger partial charge in [-0.1, -0.05) is 35.4 Å². The molecular formula is C40H32ClFN4O9. The van der Waals surface area contributed by atoms with Crippen molar-refractivity contribution in [1.82, 2.24) is 5.01 Å². The van der Waals surface area contributed by atoms with E-state index in [2.05, 4.69) is 5.43 Å². The maximum Gasteiger partial charge on any atom is 0.269 e. The van der Waals surface area contributed by atoms with Gasteiger partial charge < -0.3 is 14.6 Å². The summed E-state index contributed by atoms with van der Waals surface area (Å²) >= 11 is 6.36. The number of rotatable bonds is 8. The molecule has 13 nitrogen and oxygen atoms in total. The number of benzene rings is 4. The second-order valence-corrected chi connectivity index (χ2v) is 14.4. The van der Waals surface area contributed by atoms with Crippen molar-refractivity contribution in [3.63, 3.8) is 0 Å². The maximum absolute atomic E-state index is 15.3. The summed E-state index contributed by atoms with van der Waals surface area (Å²) in [5.74, 6) is -7.62. The van der Waals surface area contributed by atoms with Crippen molar-refractivity contribution in [2.24, 2.45) is 23.7 Å². The normalized spacial score (nSPS) is 25.6. The maximum atomic E-state index is 15.3. The molecule has 0 radical (unpaired) electrons. The number of hydrogen-bond donors (Lipinski definition) is 2. The number of amides is 4. The highest BCUT2D eigenvalue weighted by atomic mass is 35.5. The number of nitrogens with one attached hydrogen (secondary N) is 1. The van der Waals surface area contributed by atoms with Crippen molar-refractivity contribution in [2.75, 3.05) is 24.5 Å². The number of hydrazine groups is 1. The molecule has 8 rings (SSSR count). The molecule has 2 aliphatic carbocycles. The van der Waals surface area contributed by atoms with Crippen LogP contribution < -0.4 is 19.8 Å². The number of methoxy groups -OCH3 is 2. The number of nitro benzene ring substituents is 1. The number of nitrogens with zero attached hydrogens (tertiary/aromatic N) is 3. The van der Waals surface area contributed by atoms with Crippen LogP contribution in [0.5, 0.6) is 17.2 Å². The van der Waals surface area contributed by atoms with Gasteiger partial charge in [0.05, 0.1) is 53.7 Å². The second kappa shape index (κ2) is 13.2. The SMILES string of the molecule is COc1cc(C2C3=CCC4C(=O)N(c5ccc([N+](=O)[O-])cc5)C(=O)C4C3CC3C(=O)N(Nc4ccc(F)cc4)C(=O)C32c2ccc(Cl)cc2)cc(OC)c1O. The van der Waals surface area contributed by atoms with Gasteiger partial charge in [-0.2, -0.15) is 5.01 Å². The molecule has 1 saturated carbocycles. The van der Waals surface area contributed by atoms with E-state index in [0.717, 1.165) is 9.91 Å². The van der Waals surface area contributed by atoms with Gasteiger partial charge in [-0.3, -0.25) is 39.6 Å². The van der Waals surface area contributed by atoms with Gasteiger partial charge in [0.2, 0.25) is 17.6 Å². The lowest BCUT2D eigenvalue weighted by atomic mass is 9.49. The molecule has 0 aromatic heterocycles. The lowest BCUT2D eigenvalue weighted by Gasteiger charge is -2.50. The lowest BCUT2D eigenvalue weighted by molar-refractivity contribution is -0.384. The number of carbonyl (C=O) groups excluding carboxylic acids is 4. The Morgan fingerprint density at radius 3 is 2.13 bits per heavy atom. The van der Waals surface area contributed by atoms with Crippen LogP contribution in [0.15, 0.2) is 96.6 Å². The Hall–Kier alpha value is -6.28. The largest absolute Gasteiger partial charge is 0.502 e. The molecule has 55 heavy (non-hydrogen) atoms. The molecule has 0 spiro atoms. The summed E-state index contributed by atoms with van der Waals surface area (Å²) in [6.45, 7) is 0. The van der Waals surface area contributed by atoms with E-state index in [-0.39, 0.29) is 47.2 Å². The molecule has 4 aliphatic rings. The molecule has 6 atom stereocenters. The number of hydrogen-bond acceptors (Lipinski definition) is 10. The van der Waals surface area contributed by atoms with Crippen molar-refractivity contribution < 1.29 is 43.1 Å². The number of non-ortho nitro benzene ring substituents is 1. The predicted molar refractivity (Wildman–Crippen MR) is 196 cm³/mol. The molecule has 280 valence electrons. The Kier molecular flexibility index (Phi) is 8.60. The monoisotopic (exact) mass is 766 g/mol. The van der Waals surface area contributed by atoms with Crippen LogP contribution in [0.1, 0.15) is 29.9 Å². The zero-order valence-electron chi connectivity index (χ0n) is 29.3. The van der Waals surface area contributed by atoms with Gasteiger partial charge >= 0.3 is 0 Å². The fraction of sp³-hybridized carbons (Fsp3) is 0.250. The van der Waals surface area contributed by atoms with E-state index in [1.54, 1.807) is 36.4 Å². The average molecular weight is 767 g/mol. The van der Waals surface area contributed by atoms with Crippen molar-refractivity contribution in [2.45, 2.75) is 24.2 Å². The summed E-state index contributed by atoms with van der Waals surface area (Å²) in [6, 6.07) is 20.0. The van der Waals surface area contributed by atoms with Crippen LogP contribution in [0.4, 0.5) is 21.5 Å². The topological polar surface area (TPSA) is 169 Å². The number of phenols is 1. The van der Waals surface area contributed by atoms with Gasteiger partial charge in [0.1, 0.15) is 5.82 Å². The van der Waals surface area contributed by atoms with E-state index >= 15 is 4.79 Å². The highest BCUT2D eigenvalue weighted by Crippen LogP contribution is 2.65. The van der Waals surface area contributed by atoms with Crippen molar-refractivity contribution >= 4 is 52.3 Å². The molecule has 4 amide bonds. The molecule has 15 heteroatoms. The molecule has 6 unspecified atom stereocenters. The molecule has 2 saturated heterocycles. The minimum atomic E-state index is -1.68. The number of halogens is 2. The molecule has 2 aliphatic heterocycles. The van der Waals surface area contributed by atoms with Gasteiger partial charge in [-0.25, -0.2) is 4.39 Å². The Labute approximate surface area is 318 Å². The summed E-state index contributed by atoms with van der Waals surface area (Å²) in [5, 5.41) is 23.6. The third-order valence-electron chi connectivity index (χ3n) is 11.4. The zero-order valence-corrected chi connectivity index (χ0v) is 30.0. The Bertz CT molecular complexity index is 2290. The number of allylic oxidation sites excluding steroid dienone is 2. The highest BCUT2D eigenvalue weighted by Gasteiger charge is 2.70. The second-order valence-electron chi connectivity index (χ2n) is 13.9. The molecule has 4 aromatic carbocycles. The first kappa shape index (κ1) is 35.7. The number of imide groups is 2.